The number of hydrogen-bond donors (Lipinski definition) is 2. The molecule has 1 aliphatic carbocycles. The average molecular weight is 348 g/mol. The van der Waals surface area contributed by atoms with Gasteiger partial charge in [-0.05, 0) is 38.0 Å². The molecule has 2 heterocycles. The van der Waals surface area contributed by atoms with E-state index in [2.05, 4.69) is 32.3 Å². The summed E-state index contributed by atoms with van der Waals surface area (Å²) in [4.78, 5) is 12.3. The molecule has 1 fully saturated rings. The Morgan fingerprint density at radius 2 is 2.12 bits per heavy atom. The lowest BCUT2D eigenvalue weighted by atomic mass is 9.78. The zero-order valence-corrected chi connectivity index (χ0v) is 15.6. The van der Waals surface area contributed by atoms with Crippen molar-refractivity contribution >= 4 is 6.03 Å². The number of rotatable bonds is 8. The van der Waals surface area contributed by atoms with Crippen LogP contribution in [-0.4, -0.2) is 33.4 Å². The van der Waals surface area contributed by atoms with Crippen molar-refractivity contribution < 1.29 is 4.79 Å². The van der Waals surface area contributed by atoms with Crippen LogP contribution in [0, 0.1) is 5.92 Å². The van der Waals surface area contributed by atoms with Crippen molar-refractivity contribution in [2.75, 3.05) is 6.54 Å². The number of nitrogens with one attached hydrogen (secondary N) is 2. The molecule has 6 heteroatoms. The summed E-state index contributed by atoms with van der Waals surface area (Å²) in [5.74, 6) is 2.81. The Balaban J connectivity index is 1.43. The molecule has 25 heavy (non-hydrogen) atoms. The molecule has 1 aromatic heterocycles. The van der Waals surface area contributed by atoms with Crippen LogP contribution in [0.2, 0.25) is 0 Å². The maximum atomic E-state index is 12.3. The van der Waals surface area contributed by atoms with Gasteiger partial charge >= 0.3 is 6.03 Å². The molecule has 0 bridgehead atoms. The van der Waals surface area contributed by atoms with E-state index in [0.29, 0.717) is 18.5 Å². The topological polar surface area (TPSA) is 71.8 Å². The Hall–Kier alpha value is -1.59. The van der Waals surface area contributed by atoms with Crippen molar-refractivity contribution in [2.24, 2.45) is 5.92 Å². The Morgan fingerprint density at radius 3 is 2.88 bits per heavy atom. The van der Waals surface area contributed by atoms with Crippen molar-refractivity contribution in [3.8, 4) is 0 Å². The van der Waals surface area contributed by atoms with Gasteiger partial charge in [0.15, 0.2) is 0 Å². The van der Waals surface area contributed by atoms with Crippen molar-refractivity contribution in [3.63, 3.8) is 0 Å². The molecule has 1 aromatic rings. The molecule has 2 N–H and O–H groups in total. The van der Waals surface area contributed by atoms with Gasteiger partial charge in [-0.1, -0.05) is 32.6 Å². The predicted molar refractivity (Wildman–Crippen MR) is 98.5 cm³/mol. The highest BCUT2D eigenvalue weighted by Gasteiger charge is 2.27. The number of nitrogens with zero attached hydrogens (tertiary/aromatic N) is 3. The fourth-order valence-electron chi connectivity index (χ4n) is 3.93. The fourth-order valence-corrected chi connectivity index (χ4v) is 3.93. The van der Waals surface area contributed by atoms with Gasteiger partial charge in [-0.3, -0.25) is 0 Å². The molecule has 1 aliphatic heterocycles. The Kier molecular flexibility index (Phi) is 6.70. The summed E-state index contributed by atoms with van der Waals surface area (Å²) in [6, 6.07) is 0.321. The van der Waals surface area contributed by atoms with E-state index in [1.807, 2.05) is 0 Å². The Labute approximate surface area is 151 Å². The summed E-state index contributed by atoms with van der Waals surface area (Å²) in [5, 5.41) is 14.9. The van der Waals surface area contributed by atoms with Crippen molar-refractivity contribution in [1.29, 1.82) is 0 Å². The molecule has 140 valence electrons. The van der Waals surface area contributed by atoms with Crippen molar-refractivity contribution in [2.45, 2.75) is 90.1 Å². The number of aromatic nitrogens is 3. The molecule has 0 spiro atoms. The largest absolute Gasteiger partial charge is 0.338 e. The number of amides is 2. The normalized spacial score (nSPS) is 18.8. The van der Waals surface area contributed by atoms with Crippen LogP contribution in [0.1, 0.15) is 76.4 Å². The number of carbonyl (C=O) groups excluding carboxylic acids is 1. The van der Waals surface area contributed by atoms with E-state index in [1.54, 1.807) is 0 Å². The molecule has 1 atom stereocenters. The van der Waals surface area contributed by atoms with Gasteiger partial charge in [0.2, 0.25) is 0 Å². The Morgan fingerprint density at radius 1 is 1.24 bits per heavy atom. The molecule has 0 unspecified atom stereocenters. The van der Waals surface area contributed by atoms with Crippen molar-refractivity contribution in [3.05, 3.63) is 11.6 Å². The third kappa shape index (κ3) is 4.95. The predicted octanol–water partition coefficient (Wildman–Crippen LogP) is 3.21. The zero-order chi connectivity index (χ0) is 17.5. The van der Waals surface area contributed by atoms with Gasteiger partial charge in [0.25, 0.3) is 0 Å². The third-order valence-electron chi connectivity index (χ3n) is 5.72. The minimum absolute atomic E-state index is 0.0244. The van der Waals surface area contributed by atoms with Gasteiger partial charge in [-0.2, -0.15) is 0 Å². The summed E-state index contributed by atoms with van der Waals surface area (Å²) in [5.41, 5.74) is 0. The second-order valence-electron chi connectivity index (χ2n) is 7.58. The lowest BCUT2D eigenvalue weighted by Gasteiger charge is -2.34. The van der Waals surface area contributed by atoms with Gasteiger partial charge in [0.1, 0.15) is 11.6 Å². The summed E-state index contributed by atoms with van der Waals surface area (Å²) < 4.78 is 2.25. The number of urea groups is 1. The van der Waals surface area contributed by atoms with Crippen LogP contribution in [0.25, 0.3) is 0 Å². The van der Waals surface area contributed by atoms with E-state index >= 15 is 0 Å². The SMILES string of the molecule is CCCC[C@H](NC(=O)NCCc1nnc2n1CCCCC2)C1CCC1. The Bertz CT molecular complexity index is 552. The zero-order valence-electron chi connectivity index (χ0n) is 15.6. The summed E-state index contributed by atoms with van der Waals surface area (Å²) in [6.07, 6.45) is 12.8. The quantitative estimate of drug-likeness (QED) is 0.758. The van der Waals surface area contributed by atoms with E-state index in [4.69, 9.17) is 0 Å². The first kappa shape index (κ1) is 18.2. The van der Waals surface area contributed by atoms with Crippen molar-refractivity contribution in [1.82, 2.24) is 25.4 Å². The first-order valence-corrected chi connectivity index (χ1v) is 10.2. The maximum Gasteiger partial charge on any atom is 0.315 e. The van der Waals surface area contributed by atoms with Crippen LogP contribution in [0.3, 0.4) is 0 Å². The van der Waals surface area contributed by atoms with Crippen LogP contribution in [0.5, 0.6) is 0 Å². The van der Waals surface area contributed by atoms with Gasteiger partial charge in [-0.15, -0.1) is 10.2 Å². The molecule has 0 aromatic carbocycles. The minimum Gasteiger partial charge on any atom is -0.338 e. The number of carbonyl (C=O) groups is 1. The van der Waals surface area contributed by atoms with Crippen LogP contribution >= 0.6 is 0 Å². The lowest BCUT2D eigenvalue weighted by molar-refractivity contribution is 0.200. The second kappa shape index (κ2) is 9.20. The van der Waals surface area contributed by atoms with E-state index in [-0.39, 0.29) is 6.03 Å². The van der Waals surface area contributed by atoms with Gasteiger partial charge in [0, 0.05) is 32.0 Å². The molecule has 6 nitrogen and oxygen atoms in total. The molecule has 1 saturated carbocycles. The summed E-state index contributed by atoms with van der Waals surface area (Å²) >= 11 is 0. The number of hydrogen-bond acceptors (Lipinski definition) is 3. The third-order valence-corrected chi connectivity index (χ3v) is 5.72. The first-order chi connectivity index (χ1) is 12.3. The lowest BCUT2D eigenvalue weighted by Crippen LogP contribution is -2.47. The van der Waals surface area contributed by atoms with Gasteiger partial charge < -0.3 is 15.2 Å². The van der Waals surface area contributed by atoms with E-state index < -0.39 is 0 Å². The highest BCUT2D eigenvalue weighted by Crippen LogP contribution is 2.31. The highest BCUT2D eigenvalue weighted by atomic mass is 16.2. The van der Waals surface area contributed by atoms with Crippen LogP contribution in [-0.2, 0) is 19.4 Å². The maximum absolute atomic E-state index is 12.3. The number of unbranched alkanes of at least 4 members (excludes halogenated alkanes) is 1. The van der Waals surface area contributed by atoms with E-state index in [0.717, 1.165) is 37.5 Å². The molecular weight excluding hydrogens is 314 g/mol. The summed E-state index contributed by atoms with van der Waals surface area (Å²) in [6.45, 7) is 3.85. The van der Waals surface area contributed by atoms with Gasteiger partial charge in [-0.25, -0.2) is 4.79 Å². The van der Waals surface area contributed by atoms with E-state index in [9.17, 15) is 4.79 Å². The van der Waals surface area contributed by atoms with Crippen LogP contribution in [0.4, 0.5) is 4.79 Å². The second-order valence-corrected chi connectivity index (χ2v) is 7.58. The highest BCUT2D eigenvalue weighted by molar-refractivity contribution is 5.74. The summed E-state index contributed by atoms with van der Waals surface area (Å²) in [7, 11) is 0. The molecular formula is C19H33N5O. The molecule has 3 rings (SSSR count). The smallest absolute Gasteiger partial charge is 0.315 e. The number of aryl methyl sites for hydroxylation is 1. The minimum atomic E-state index is -0.0244. The first-order valence-electron chi connectivity index (χ1n) is 10.2. The molecule has 0 saturated heterocycles. The standard InChI is InChI=1S/C19H33N5O/c1-2-3-10-16(15-8-7-9-15)21-19(25)20-13-12-18-23-22-17-11-5-4-6-14-24(17)18/h15-16H,2-14H2,1H3,(H2,20,21,25)/t16-/m0/s1. The number of fused-ring (bicyclic) bond motifs is 1. The fraction of sp³-hybridized carbons (Fsp3) is 0.842. The molecule has 0 radical (unpaired) electrons. The average Bonchev–Trinajstić information content (AvgIpc) is 2.78. The van der Waals surface area contributed by atoms with Crippen LogP contribution < -0.4 is 10.6 Å². The van der Waals surface area contributed by atoms with Gasteiger partial charge in [0.05, 0.1) is 0 Å². The molecule has 2 amide bonds. The molecule has 2 aliphatic rings. The van der Waals surface area contributed by atoms with E-state index in [1.165, 1.54) is 51.4 Å². The van der Waals surface area contributed by atoms with Crippen LogP contribution in [0.15, 0.2) is 0 Å². The monoisotopic (exact) mass is 347 g/mol.